The Labute approximate surface area is 128 Å². The first kappa shape index (κ1) is 13.3. The van der Waals surface area contributed by atoms with E-state index < -0.39 is 0 Å². The van der Waals surface area contributed by atoms with Crippen molar-refractivity contribution in [2.24, 2.45) is 0 Å². The number of aromatic nitrogens is 4. The molecule has 4 heterocycles. The third-order valence-corrected chi connectivity index (χ3v) is 4.63. The molecule has 112 valence electrons. The fourth-order valence-electron chi connectivity index (χ4n) is 3.71. The van der Waals surface area contributed by atoms with Crippen molar-refractivity contribution in [2.45, 2.75) is 44.7 Å². The molecule has 0 unspecified atom stereocenters. The molecule has 2 aliphatic heterocycles. The number of fused-ring (bicyclic) bond motifs is 4. The first-order valence-electron chi connectivity index (χ1n) is 7.64. The number of nitrogens with zero attached hydrogens (tertiary/aromatic N) is 5. The van der Waals surface area contributed by atoms with Crippen molar-refractivity contribution in [3.63, 3.8) is 0 Å². The van der Waals surface area contributed by atoms with Crippen molar-refractivity contribution in [1.82, 2.24) is 24.8 Å². The highest BCUT2D eigenvalue weighted by Gasteiger charge is 2.39. The van der Waals surface area contributed by atoms with Gasteiger partial charge in [0.2, 0.25) is 6.41 Å². The van der Waals surface area contributed by atoms with Gasteiger partial charge in [-0.3, -0.25) is 14.8 Å². The van der Waals surface area contributed by atoms with Crippen LogP contribution >= 0.6 is 0 Å². The van der Waals surface area contributed by atoms with Gasteiger partial charge >= 0.3 is 0 Å². The minimum atomic E-state index is 0.0807. The quantitative estimate of drug-likeness (QED) is 0.791. The molecule has 0 N–H and O–H groups in total. The van der Waals surface area contributed by atoms with Crippen LogP contribution in [0.3, 0.4) is 0 Å². The van der Waals surface area contributed by atoms with Crippen LogP contribution in [0.1, 0.15) is 42.4 Å². The summed E-state index contributed by atoms with van der Waals surface area (Å²) in [5.41, 5.74) is 3.79. The van der Waals surface area contributed by atoms with Gasteiger partial charge in [0.1, 0.15) is 11.5 Å². The molecule has 2 aliphatic rings. The van der Waals surface area contributed by atoms with Crippen molar-refractivity contribution in [3.8, 4) is 11.4 Å². The van der Waals surface area contributed by atoms with Gasteiger partial charge in [-0.05, 0) is 32.6 Å². The minimum absolute atomic E-state index is 0.0807. The Kier molecular flexibility index (Phi) is 3.10. The summed E-state index contributed by atoms with van der Waals surface area (Å²) < 4.78 is 0. The van der Waals surface area contributed by atoms with Crippen LogP contribution in [0.4, 0.5) is 0 Å². The van der Waals surface area contributed by atoms with Crippen molar-refractivity contribution in [3.05, 3.63) is 35.7 Å². The van der Waals surface area contributed by atoms with E-state index in [1.165, 1.54) is 0 Å². The van der Waals surface area contributed by atoms with Gasteiger partial charge in [0, 0.05) is 24.0 Å². The largest absolute Gasteiger partial charge is 0.333 e. The van der Waals surface area contributed by atoms with Gasteiger partial charge in [-0.2, -0.15) is 0 Å². The van der Waals surface area contributed by atoms with Crippen LogP contribution in [0.5, 0.6) is 0 Å². The standard InChI is InChI=1S/C16H17N5O/c1-10-19-15(13-8-17-5-6-18-13)12-7-11-3-2-4-14(16(12)20-10)21(11)9-22/h5-6,8-9,11,14H,2-4,7H2,1H3/t11-,14+/m0/s1. The van der Waals surface area contributed by atoms with Crippen LogP contribution < -0.4 is 0 Å². The van der Waals surface area contributed by atoms with E-state index in [2.05, 4.69) is 19.9 Å². The van der Waals surface area contributed by atoms with Gasteiger partial charge in [0.25, 0.3) is 0 Å². The zero-order valence-electron chi connectivity index (χ0n) is 12.4. The first-order valence-corrected chi connectivity index (χ1v) is 7.64. The Morgan fingerprint density at radius 2 is 2.18 bits per heavy atom. The molecule has 0 radical (unpaired) electrons. The number of amides is 1. The molecule has 1 saturated heterocycles. The Hall–Kier alpha value is -2.37. The summed E-state index contributed by atoms with van der Waals surface area (Å²) in [5.74, 6) is 0.717. The summed E-state index contributed by atoms with van der Waals surface area (Å²) in [6.45, 7) is 1.89. The predicted molar refractivity (Wildman–Crippen MR) is 79.8 cm³/mol. The number of hydrogen-bond acceptors (Lipinski definition) is 5. The van der Waals surface area contributed by atoms with Crippen molar-refractivity contribution < 1.29 is 4.79 Å². The SMILES string of the molecule is Cc1nc(-c2cnccn2)c2c(n1)[C@H]1CCC[C@@H](C2)N1C=O. The van der Waals surface area contributed by atoms with Crippen LogP contribution in [0.15, 0.2) is 18.6 Å². The monoisotopic (exact) mass is 295 g/mol. The van der Waals surface area contributed by atoms with E-state index in [0.29, 0.717) is 5.82 Å². The molecule has 1 amide bonds. The van der Waals surface area contributed by atoms with E-state index in [-0.39, 0.29) is 12.1 Å². The van der Waals surface area contributed by atoms with Gasteiger partial charge < -0.3 is 4.90 Å². The number of aryl methyl sites for hydroxylation is 1. The molecule has 6 nitrogen and oxygen atoms in total. The maximum absolute atomic E-state index is 11.5. The van der Waals surface area contributed by atoms with Crippen molar-refractivity contribution in [2.75, 3.05) is 0 Å². The first-order chi connectivity index (χ1) is 10.8. The van der Waals surface area contributed by atoms with Gasteiger partial charge in [-0.1, -0.05) is 0 Å². The molecule has 1 fully saturated rings. The summed E-state index contributed by atoms with van der Waals surface area (Å²) in [4.78, 5) is 31.2. The third kappa shape index (κ3) is 1.98. The average molecular weight is 295 g/mol. The van der Waals surface area contributed by atoms with Crippen LogP contribution in [-0.4, -0.2) is 37.3 Å². The summed E-state index contributed by atoms with van der Waals surface area (Å²) >= 11 is 0. The highest BCUT2D eigenvalue weighted by Crippen LogP contribution is 2.42. The zero-order valence-corrected chi connectivity index (χ0v) is 12.4. The summed E-state index contributed by atoms with van der Waals surface area (Å²) in [6, 6.07) is 0.336. The van der Waals surface area contributed by atoms with E-state index in [9.17, 15) is 4.79 Å². The van der Waals surface area contributed by atoms with Crippen LogP contribution in [-0.2, 0) is 11.2 Å². The Bertz CT molecular complexity index is 718. The lowest BCUT2D eigenvalue weighted by atomic mass is 9.82. The summed E-state index contributed by atoms with van der Waals surface area (Å²) in [7, 11) is 0. The zero-order chi connectivity index (χ0) is 15.1. The molecule has 2 aromatic heterocycles. The molecule has 0 aromatic carbocycles. The Balaban J connectivity index is 1.91. The number of rotatable bonds is 2. The number of carbonyl (C=O) groups is 1. The second-order valence-corrected chi connectivity index (χ2v) is 5.93. The lowest BCUT2D eigenvalue weighted by Crippen LogP contribution is -2.46. The second-order valence-electron chi connectivity index (χ2n) is 5.93. The second kappa shape index (κ2) is 5.12. The fourth-order valence-corrected chi connectivity index (χ4v) is 3.71. The van der Waals surface area contributed by atoms with Gasteiger partial charge in [0.05, 0.1) is 23.6 Å². The van der Waals surface area contributed by atoms with Crippen molar-refractivity contribution >= 4 is 6.41 Å². The normalized spacial score (nSPS) is 23.0. The maximum Gasteiger partial charge on any atom is 0.210 e. The molecule has 4 rings (SSSR count). The summed E-state index contributed by atoms with van der Waals surface area (Å²) in [5, 5.41) is 0. The highest BCUT2D eigenvalue weighted by atomic mass is 16.1. The van der Waals surface area contributed by atoms with Crippen LogP contribution in [0.2, 0.25) is 0 Å². The molecular formula is C16H17N5O. The van der Waals surface area contributed by atoms with E-state index >= 15 is 0 Å². The third-order valence-electron chi connectivity index (χ3n) is 4.63. The summed E-state index contributed by atoms with van der Waals surface area (Å²) in [6.07, 6.45) is 10.0. The molecule has 2 atom stereocenters. The van der Waals surface area contributed by atoms with Crippen LogP contribution in [0.25, 0.3) is 11.4 Å². The predicted octanol–water partition coefficient (Wildman–Crippen LogP) is 1.85. The lowest BCUT2D eigenvalue weighted by Gasteiger charge is -2.44. The van der Waals surface area contributed by atoms with E-state index in [4.69, 9.17) is 0 Å². The molecule has 22 heavy (non-hydrogen) atoms. The highest BCUT2D eigenvalue weighted by molar-refractivity contribution is 5.62. The van der Waals surface area contributed by atoms with E-state index in [1.54, 1.807) is 18.6 Å². The van der Waals surface area contributed by atoms with Gasteiger partial charge in [0.15, 0.2) is 0 Å². The molecular weight excluding hydrogens is 278 g/mol. The van der Waals surface area contributed by atoms with E-state index in [0.717, 1.165) is 54.7 Å². The number of hydrogen-bond donors (Lipinski definition) is 0. The topological polar surface area (TPSA) is 71.9 Å². The molecule has 0 spiro atoms. The average Bonchev–Trinajstić information content (AvgIpc) is 2.55. The van der Waals surface area contributed by atoms with E-state index in [1.807, 2.05) is 11.8 Å². The smallest absolute Gasteiger partial charge is 0.210 e. The molecule has 2 aromatic rings. The molecule has 0 aliphatic carbocycles. The Morgan fingerprint density at radius 3 is 2.95 bits per heavy atom. The van der Waals surface area contributed by atoms with Gasteiger partial charge in [-0.25, -0.2) is 9.97 Å². The fraction of sp³-hybridized carbons (Fsp3) is 0.438. The lowest BCUT2D eigenvalue weighted by molar-refractivity contribution is -0.125. The van der Waals surface area contributed by atoms with Gasteiger partial charge in [-0.15, -0.1) is 0 Å². The Morgan fingerprint density at radius 1 is 1.27 bits per heavy atom. The van der Waals surface area contributed by atoms with Crippen LogP contribution in [0, 0.1) is 6.92 Å². The van der Waals surface area contributed by atoms with Crippen molar-refractivity contribution in [1.29, 1.82) is 0 Å². The number of piperidine rings is 1. The maximum atomic E-state index is 11.5. The minimum Gasteiger partial charge on any atom is -0.333 e. The molecule has 0 saturated carbocycles. The molecule has 6 heteroatoms. The number of carbonyl (C=O) groups excluding carboxylic acids is 1. The molecule has 2 bridgehead atoms.